The number of nitrogens with zero attached hydrogens (tertiary/aromatic N) is 2. The zero-order valence-corrected chi connectivity index (χ0v) is 8.14. The van der Waals surface area contributed by atoms with Crippen molar-refractivity contribution in [2.75, 3.05) is 0 Å². The third-order valence-corrected chi connectivity index (χ3v) is 2.22. The van der Waals surface area contributed by atoms with E-state index in [2.05, 4.69) is 4.98 Å². The van der Waals surface area contributed by atoms with Crippen LogP contribution in [0.3, 0.4) is 0 Å². The number of imidazole rings is 1. The molecule has 0 spiro atoms. The number of benzene rings is 1. The number of carbonyl (C=O) groups is 1. The third kappa shape index (κ3) is 1.66. The molecule has 1 aromatic carbocycles. The van der Waals surface area contributed by atoms with Crippen molar-refractivity contribution >= 4 is 6.29 Å². The van der Waals surface area contributed by atoms with Crippen LogP contribution < -0.4 is 0 Å². The van der Waals surface area contributed by atoms with Gasteiger partial charge in [-0.2, -0.15) is 0 Å². The van der Waals surface area contributed by atoms with Gasteiger partial charge in [-0.3, -0.25) is 4.79 Å². The van der Waals surface area contributed by atoms with Crippen LogP contribution >= 0.6 is 0 Å². The molecule has 15 heavy (non-hydrogen) atoms. The highest BCUT2D eigenvalue weighted by molar-refractivity contribution is 5.76. The van der Waals surface area contributed by atoms with Crippen LogP contribution in [-0.2, 0) is 7.05 Å². The lowest BCUT2D eigenvalue weighted by atomic mass is 10.1. The standard InChI is InChI=1S/C11H9FN2O/c1-14-7-13-5-11(14)9-3-2-8(6-15)4-10(9)12/h2-7H,1H3. The first-order chi connectivity index (χ1) is 7.22. The van der Waals surface area contributed by atoms with Crippen LogP contribution in [0.15, 0.2) is 30.7 Å². The van der Waals surface area contributed by atoms with Gasteiger partial charge in [0.15, 0.2) is 0 Å². The molecule has 3 nitrogen and oxygen atoms in total. The maximum Gasteiger partial charge on any atom is 0.150 e. The molecule has 1 aromatic heterocycles. The van der Waals surface area contributed by atoms with Gasteiger partial charge in [0.2, 0.25) is 0 Å². The van der Waals surface area contributed by atoms with Gasteiger partial charge in [-0.25, -0.2) is 9.37 Å². The molecular weight excluding hydrogens is 195 g/mol. The van der Waals surface area contributed by atoms with Gasteiger partial charge in [-0.1, -0.05) is 6.07 Å². The van der Waals surface area contributed by atoms with Crippen molar-refractivity contribution < 1.29 is 9.18 Å². The SMILES string of the molecule is Cn1cncc1-c1ccc(C=O)cc1F. The minimum atomic E-state index is -0.414. The zero-order chi connectivity index (χ0) is 10.8. The molecule has 0 N–H and O–H groups in total. The molecule has 0 fully saturated rings. The molecule has 76 valence electrons. The highest BCUT2D eigenvalue weighted by atomic mass is 19.1. The fourth-order valence-corrected chi connectivity index (χ4v) is 1.43. The van der Waals surface area contributed by atoms with E-state index < -0.39 is 5.82 Å². The number of aryl methyl sites for hydroxylation is 1. The molecule has 0 aliphatic heterocycles. The van der Waals surface area contributed by atoms with E-state index >= 15 is 0 Å². The lowest BCUT2D eigenvalue weighted by molar-refractivity contribution is 0.112. The van der Waals surface area contributed by atoms with Crippen LogP contribution in [0.25, 0.3) is 11.3 Å². The number of aromatic nitrogens is 2. The van der Waals surface area contributed by atoms with Crippen molar-refractivity contribution in [3.05, 3.63) is 42.1 Å². The lowest BCUT2D eigenvalue weighted by Gasteiger charge is -2.04. The van der Waals surface area contributed by atoms with E-state index in [1.807, 2.05) is 0 Å². The summed E-state index contributed by atoms with van der Waals surface area (Å²) in [5, 5.41) is 0. The van der Waals surface area contributed by atoms with Crippen LogP contribution in [-0.4, -0.2) is 15.8 Å². The van der Waals surface area contributed by atoms with Crippen molar-refractivity contribution in [1.29, 1.82) is 0 Å². The normalized spacial score (nSPS) is 10.3. The Morgan fingerprint density at radius 3 is 2.80 bits per heavy atom. The van der Waals surface area contributed by atoms with Crippen molar-refractivity contribution in [2.45, 2.75) is 0 Å². The van der Waals surface area contributed by atoms with Crippen molar-refractivity contribution in [1.82, 2.24) is 9.55 Å². The fourth-order valence-electron chi connectivity index (χ4n) is 1.43. The predicted molar refractivity (Wildman–Crippen MR) is 54.0 cm³/mol. The van der Waals surface area contributed by atoms with E-state index in [1.165, 1.54) is 6.07 Å². The molecule has 0 bridgehead atoms. The summed E-state index contributed by atoms with van der Waals surface area (Å²) in [7, 11) is 1.79. The quantitative estimate of drug-likeness (QED) is 0.701. The van der Waals surface area contributed by atoms with Crippen molar-refractivity contribution in [2.24, 2.45) is 7.05 Å². The van der Waals surface area contributed by atoms with Crippen LogP contribution in [0.2, 0.25) is 0 Å². The minimum Gasteiger partial charge on any atom is -0.334 e. The molecule has 0 saturated heterocycles. The molecular formula is C11H9FN2O. The number of rotatable bonds is 2. The van der Waals surface area contributed by atoms with Gasteiger partial charge in [0.1, 0.15) is 12.1 Å². The molecule has 0 saturated carbocycles. The maximum absolute atomic E-state index is 13.6. The van der Waals surface area contributed by atoms with Gasteiger partial charge in [-0.05, 0) is 12.1 Å². The Morgan fingerprint density at radius 2 is 2.27 bits per heavy atom. The predicted octanol–water partition coefficient (Wildman–Crippen LogP) is 2.04. The van der Waals surface area contributed by atoms with E-state index in [4.69, 9.17) is 0 Å². The van der Waals surface area contributed by atoms with Crippen LogP contribution in [0.1, 0.15) is 10.4 Å². The second-order valence-electron chi connectivity index (χ2n) is 3.25. The summed E-state index contributed by atoms with van der Waals surface area (Å²) < 4.78 is 15.3. The van der Waals surface area contributed by atoms with Gasteiger partial charge in [0, 0.05) is 18.2 Å². The average Bonchev–Trinajstić information content (AvgIpc) is 2.64. The largest absolute Gasteiger partial charge is 0.334 e. The Kier molecular flexibility index (Phi) is 2.33. The highest BCUT2D eigenvalue weighted by Crippen LogP contribution is 2.22. The van der Waals surface area contributed by atoms with E-state index in [1.54, 1.807) is 36.3 Å². The molecule has 0 aliphatic carbocycles. The van der Waals surface area contributed by atoms with E-state index in [9.17, 15) is 9.18 Å². The van der Waals surface area contributed by atoms with E-state index in [0.29, 0.717) is 23.1 Å². The Morgan fingerprint density at radius 1 is 1.47 bits per heavy atom. The smallest absolute Gasteiger partial charge is 0.150 e. The number of carbonyl (C=O) groups excluding carboxylic acids is 1. The fraction of sp³-hybridized carbons (Fsp3) is 0.0909. The third-order valence-electron chi connectivity index (χ3n) is 2.22. The summed E-state index contributed by atoms with van der Waals surface area (Å²) in [5.74, 6) is -0.414. The number of halogens is 1. The first-order valence-electron chi connectivity index (χ1n) is 4.44. The van der Waals surface area contributed by atoms with Crippen LogP contribution in [0.5, 0.6) is 0 Å². The van der Waals surface area contributed by atoms with Gasteiger partial charge in [0.25, 0.3) is 0 Å². The molecule has 2 rings (SSSR count). The maximum atomic E-state index is 13.6. The molecule has 0 atom stereocenters. The molecule has 2 aromatic rings. The number of hydrogen-bond acceptors (Lipinski definition) is 2. The molecule has 0 amide bonds. The Bertz CT molecular complexity index is 505. The summed E-state index contributed by atoms with van der Waals surface area (Å²) in [6.07, 6.45) is 3.80. The topological polar surface area (TPSA) is 34.9 Å². The van der Waals surface area contributed by atoms with Gasteiger partial charge < -0.3 is 4.57 Å². The average molecular weight is 204 g/mol. The van der Waals surface area contributed by atoms with E-state index in [-0.39, 0.29) is 0 Å². The molecule has 4 heteroatoms. The Balaban J connectivity index is 2.55. The first-order valence-corrected chi connectivity index (χ1v) is 4.44. The summed E-state index contributed by atoms with van der Waals surface area (Å²) in [4.78, 5) is 14.3. The Labute approximate surface area is 86.2 Å². The summed E-state index contributed by atoms with van der Waals surface area (Å²) in [5.41, 5.74) is 1.46. The van der Waals surface area contributed by atoms with Gasteiger partial charge >= 0.3 is 0 Å². The minimum absolute atomic E-state index is 0.332. The van der Waals surface area contributed by atoms with Crippen molar-refractivity contribution in [3.63, 3.8) is 0 Å². The van der Waals surface area contributed by atoms with Crippen LogP contribution in [0, 0.1) is 5.82 Å². The lowest BCUT2D eigenvalue weighted by Crippen LogP contribution is -1.93. The second kappa shape index (κ2) is 3.65. The summed E-state index contributed by atoms with van der Waals surface area (Å²) in [6, 6.07) is 4.38. The summed E-state index contributed by atoms with van der Waals surface area (Å²) in [6.45, 7) is 0. The first kappa shape index (κ1) is 9.58. The second-order valence-corrected chi connectivity index (χ2v) is 3.25. The Hall–Kier alpha value is -1.97. The van der Waals surface area contributed by atoms with Gasteiger partial charge in [-0.15, -0.1) is 0 Å². The summed E-state index contributed by atoms with van der Waals surface area (Å²) >= 11 is 0. The van der Waals surface area contributed by atoms with Crippen LogP contribution in [0.4, 0.5) is 4.39 Å². The number of aldehydes is 1. The molecule has 0 unspecified atom stereocenters. The van der Waals surface area contributed by atoms with Gasteiger partial charge in [0.05, 0.1) is 18.2 Å². The molecule has 0 radical (unpaired) electrons. The molecule has 1 heterocycles. The monoisotopic (exact) mass is 204 g/mol. The van der Waals surface area contributed by atoms with E-state index in [0.717, 1.165) is 0 Å². The molecule has 0 aliphatic rings. The number of hydrogen-bond donors (Lipinski definition) is 0. The van der Waals surface area contributed by atoms with Crippen molar-refractivity contribution in [3.8, 4) is 11.3 Å². The zero-order valence-electron chi connectivity index (χ0n) is 8.14. The highest BCUT2D eigenvalue weighted by Gasteiger charge is 2.08.